The maximum atomic E-state index is 12.7. The zero-order valence-electron chi connectivity index (χ0n) is 16.7. The molecule has 0 spiro atoms. The van der Waals surface area contributed by atoms with Gasteiger partial charge in [-0.05, 0) is 55.8 Å². The standard InChI is InChI=1S/C21H21ClN2O4S2/c1-13(15-4-10-18(11-5-15)30(3,26)27)24-21(25)20-14(2)23-19(29-20)12-28-17-8-6-16(22)7-9-17/h4-11,13H,12H2,1-3H3,(H,24,25). The van der Waals surface area contributed by atoms with E-state index in [-0.39, 0.29) is 23.5 Å². The maximum absolute atomic E-state index is 12.7. The van der Waals surface area contributed by atoms with E-state index < -0.39 is 9.84 Å². The van der Waals surface area contributed by atoms with Crippen LogP contribution in [0.1, 0.15) is 38.9 Å². The summed E-state index contributed by atoms with van der Waals surface area (Å²) < 4.78 is 28.9. The first-order valence-corrected chi connectivity index (χ1v) is 12.2. The Balaban J connectivity index is 1.64. The Labute approximate surface area is 184 Å². The maximum Gasteiger partial charge on any atom is 0.263 e. The number of rotatable bonds is 7. The van der Waals surface area contributed by atoms with Crippen LogP contribution in [0.5, 0.6) is 5.75 Å². The predicted octanol–water partition coefficient (Wildman–Crippen LogP) is 4.58. The fourth-order valence-electron chi connectivity index (χ4n) is 2.75. The van der Waals surface area contributed by atoms with Crippen molar-refractivity contribution in [1.29, 1.82) is 0 Å². The van der Waals surface area contributed by atoms with Crippen molar-refractivity contribution in [3.63, 3.8) is 0 Å². The summed E-state index contributed by atoms with van der Waals surface area (Å²) in [5, 5.41) is 4.25. The lowest BCUT2D eigenvalue weighted by Crippen LogP contribution is -2.26. The number of hydrogen-bond acceptors (Lipinski definition) is 6. The molecule has 1 atom stereocenters. The topological polar surface area (TPSA) is 85.4 Å². The first-order chi connectivity index (χ1) is 14.1. The molecule has 9 heteroatoms. The molecule has 0 aliphatic rings. The zero-order valence-corrected chi connectivity index (χ0v) is 19.1. The molecule has 0 bridgehead atoms. The van der Waals surface area contributed by atoms with E-state index in [1.54, 1.807) is 43.3 Å². The van der Waals surface area contributed by atoms with Crippen molar-refractivity contribution in [2.75, 3.05) is 6.26 Å². The Bertz CT molecular complexity index is 1140. The van der Waals surface area contributed by atoms with Gasteiger partial charge in [-0.15, -0.1) is 11.3 Å². The number of carbonyl (C=O) groups excluding carboxylic acids is 1. The molecule has 3 rings (SSSR count). The SMILES string of the molecule is Cc1nc(COc2ccc(Cl)cc2)sc1C(=O)NC(C)c1ccc(S(C)(=O)=O)cc1. The number of amides is 1. The summed E-state index contributed by atoms with van der Waals surface area (Å²) in [5.41, 5.74) is 1.44. The first-order valence-electron chi connectivity index (χ1n) is 9.09. The Morgan fingerprint density at radius 1 is 1.17 bits per heavy atom. The van der Waals surface area contributed by atoms with Gasteiger partial charge in [0.05, 0.1) is 16.6 Å². The van der Waals surface area contributed by atoms with Crippen LogP contribution < -0.4 is 10.1 Å². The summed E-state index contributed by atoms with van der Waals surface area (Å²) in [7, 11) is -3.25. The fraction of sp³-hybridized carbons (Fsp3) is 0.238. The van der Waals surface area contributed by atoms with E-state index >= 15 is 0 Å². The van der Waals surface area contributed by atoms with Gasteiger partial charge >= 0.3 is 0 Å². The monoisotopic (exact) mass is 464 g/mol. The zero-order chi connectivity index (χ0) is 21.9. The molecule has 2 aromatic carbocycles. The lowest BCUT2D eigenvalue weighted by Gasteiger charge is -2.14. The Morgan fingerprint density at radius 2 is 1.80 bits per heavy atom. The minimum atomic E-state index is -3.25. The average molecular weight is 465 g/mol. The van der Waals surface area contributed by atoms with Gasteiger partial charge in [0.15, 0.2) is 9.84 Å². The van der Waals surface area contributed by atoms with Crippen LogP contribution in [-0.4, -0.2) is 25.6 Å². The van der Waals surface area contributed by atoms with E-state index in [0.29, 0.717) is 26.4 Å². The van der Waals surface area contributed by atoms with Gasteiger partial charge in [-0.2, -0.15) is 0 Å². The quantitative estimate of drug-likeness (QED) is 0.553. The van der Waals surface area contributed by atoms with Gasteiger partial charge in [-0.25, -0.2) is 13.4 Å². The number of sulfone groups is 1. The predicted molar refractivity (Wildman–Crippen MR) is 118 cm³/mol. The normalized spacial score (nSPS) is 12.4. The number of ether oxygens (including phenoxy) is 1. The lowest BCUT2D eigenvalue weighted by molar-refractivity contribution is 0.0943. The summed E-state index contributed by atoms with van der Waals surface area (Å²) >= 11 is 7.14. The van der Waals surface area contributed by atoms with Crippen LogP contribution in [0.2, 0.25) is 5.02 Å². The third kappa shape index (κ3) is 5.59. The van der Waals surface area contributed by atoms with Gasteiger partial charge in [0.2, 0.25) is 0 Å². The van der Waals surface area contributed by atoms with Crippen LogP contribution in [0.3, 0.4) is 0 Å². The number of aryl methyl sites for hydroxylation is 1. The van der Waals surface area contributed by atoms with E-state index in [1.807, 2.05) is 6.92 Å². The number of benzene rings is 2. The largest absolute Gasteiger partial charge is 0.486 e. The number of thiazole rings is 1. The van der Waals surface area contributed by atoms with Gasteiger partial charge in [0.25, 0.3) is 5.91 Å². The van der Waals surface area contributed by atoms with Gasteiger partial charge in [-0.1, -0.05) is 23.7 Å². The van der Waals surface area contributed by atoms with Crippen molar-refractivity contribution in [1.82, 2.24) is 10.3 Å². The van der Waals surface area contributed by atoms with Crippen molar-refractivity contribution in [3.8, 4) is 5.75 Å². The van der Waals surface area contributed by atoms with Crippen LogP contribution in [0.25, 0.3) is 0 Å². The fourth-order valence-corrected chi connectivity index (χ4v) is 4.39. The van der Waals surface area contributed by atoms with Crippen LogP contribution in [0.15, 0.2) is 53.4 Å². The molecule has 0 saturated heterocycles. The number of carbonyl (C=O) groups is 1. The molecular formula is C21H21ClN2O4S2. The summed E-state index contributed by atoms with van der Waals surface area (Å²) in [6.07, 6.45) is 1.16. The smallest absolute Gasteiger partial charge is 0.263 e. The highest BCUT2D eigenvalue weighted by atomic mass is 35.5. The van der Waals surface area contributed by atoms with E-state index in [1.165, 1.54) is 23.5 Å². The summed E-state index contributed by atoms with van der Waals surface area (Å²) in [6.45, 7) is 3.87. The van der Waals surface area contributed by atoms with Crippen molar-refractivity contribution < 1.29 is 17.9 Å². The molecule has 30 heavy (non-hydrogen) atoms. The average Bonchev–Trinajstić information content (AvgIpc) is 3.07. The molecule has 1 heterocycles. The summed E-state index contributed by atoms with van der Waals surface area (Å²) in [5.74, 6) is 0.437. The molecule has 1 unspecified atom stereocenters. The number of hydrogen-bond donors (Lipinski definition) is 1. The van der Waals surface area contributed by atoms with Crippen molar-refractivity contribution in [3.05, 3.63) is 74.7 Å². The molecule has 0 fully saturated rings. The molecule has 1 aromatic heterocycles. The molecule has 0 radical (unpaired) electrons. The summed E-state index contributed by atoms with van der Waals surface area (Å²) in [6, 6.07) is 13.2. The first kappa shape index (κ1) is 22.3. The molecule has 158 valence electrons. The van der Waals surface area contributed by atoms with E-state index in [9.17, 15) is 13.2 Å². The van der Waals surface area contributed by atoms with E-state index in [4.69, 9.17) is 16.3 Å². The minimum Gasteiger partial charge on any atom is -0.486 e. The third-order valence-electron chi connectivity index (χ3n) is 4.38. The molecule has 0 aliphatic carbocycles. The highest BCUT2D eigenvalue weighted by Gasteiger charge is 2.18. The second kappa shape index (κ2) is 9.16. The van der Waals surface area contributed by atoms with E-state index in [0.717, 1.165) is 11.8 Å². The van der Waals surface area contributed by atoms with Crippen LogP contribution >= 0.6 is 22.9 Å². The highest BCUT2D eigenvalue weighted by molar-refractivity contribution is 7.90. The van der Waals surface area contributed by atoms with Gasteiger partial charge in [-0.3, -0.25) is 4.79 Å². The highest BCUT2D eigenvalue weighted by Crippen LogP contribution is 2.23. The number of halogens is 1. The summed E-state index contributed by atoms with van der Waals surface area (Å²) in [4.78, 5) is 17.9. The third-order valence-corrected chi connectivity index (χ3v) is 6.89. The van der Waals surface area contributed by atoms with Gasteiger partial charge < -0.3 is 10.1 Å². The Kier molecular flexibility index (Phi) is 6.80. The number of nitrogens with one attached hydrogen (secondary N) is 1. The lowest BCUT2D eigenvalue weighted by atomic mass is 10.1. The Hall–Kier alpha value is -2.42. The molecule has 1 N–H and O–H groups in total. The Morgan fingerprint density at radius 3 is 2.40 bits per heavy atom. The molecule has 3 aromatic rings. The van der Waals surface area contributed by atoms with Crippen LogP contribution in [0, 0.1) is 6.92 Å². The molecule has 6 nitrogen and oxygen atoms in total. The molecule has 1 amide bonds. The van der Waals surface area contributed by atoms with Crippen LogP contribution in [-0.2, 0) is 16.4 Å². The van der Waals surface area contributed by atoms with Crippen molar-refractivity contribution in [2.45, 2.75) is 31.4 Å². The van der Waals surface area contributed by atoms with Crippen molar-refractivity contribution >= 4 is 38.7 Å². The second-order valence-corrected chi connectivity index (χ2v) is 10.3. The minimum absolute atomic E-state index is 0.234. The molecule has 0 saturated carbocycles. The second-order valence-electron chi connectivity index (χ2n) is 6.80. The molecule has 0 aliphatic heterocycles. The van der Waals surface area contributed by atoms with Crippen LogP contribution in [0.4, 0.5) is 0 Å². The number of aromatic nitrogens is 1. The van der Waals surface area contributed by atoms with E-state index in [2.05, 4.69) is 10.3 Å². The number of nitrogens with zero attached hydrogens (tertiary/aromatic N) is 1. The van der Waals surface area contributed by atoms with Gasteiger partial charge in [0, 0.05) is 11.3 Å². The van der Waals surface area contributed by atoms with Crippen molar-refractivity contribution in [2.24, 2.45) is 0 Å². The molecular weight excluding hydrogens is 444 g/mol. The van der Waals surface area contributed by atoms with Gasteiger partial charge in [0.1, 0.15) is 22.2 Å².